The zero-order valence-electron chi connectivity index (χ0n) is 23.8. The lowest BCUT2D eigenvalue weighted by molar-refractivity contribution is -0.120. The summed E-state index contributed by atoms with van der Waals surface area (Å²) in [6.45, 7) is 1.36. The Kier molecular flexibility index (Phi) is 11.7. The zero-order chi connectivity index (χ0) is 28.8. The van der Waals surface area contributed by atoms with Crippen LogP contribution in [0.3, 0.4) is 0 Å². The highest BCUT2D eigenvalue weighted by atomic mass is 16.5. The molecule has 1 amide bonds. The molecule has 0 spiro atoms. The van der Waals surface area contributed by atoms with Crippen molar-refractivity contribution in [3.63, 3.8) is 0 Å². The number of benzene rings is 3. The number of ether oxygens (including phenoxy) is 2. The van der Waals surface area contributed by atoms with Crippen LogP contribution < -0.4 is 19.3 Å². The molecule has 7 nitrogen and oxygen atoms in total. The Hall–Kier alpha value is -4.15. The second kappa shape index (κ2) is 15.4. The molecule has 0 aliphatic carbocycles. The number of carbonyl (C=O) groups excluding carboxylic acids is 2. The molecule has 0 radical (unpaired) electrons. The second-order valence-electron chi connectivity index (χ2n) is 10.7. The summed E-state index contributed by atoms with van der Waals surface area (Å²) in [6, 6.07) is 23.6. The van der Waals surface area contributed by atoms with Gasteiger partial charge in [0.15, 0.2) is 0 Å². The van der Waals surface area contributed by atoms with E-state index in [0.717, 1.165) is 60.9 Å². The van der Waals surface area contributed by atoms with E-state index in [-0.39, 0.29) is 5.91 Å². The average molecular weight is 543 g/mol. The van der Waals surface area contributed by atoms with Crippen molar-refractivity contribution in [3.05, 3.63) is 89.5 Å². The Morgan fingerprint density at radius 1 is 0.775 bits per heavy atom. The molecule has 3 rings (SSSR count). The third-order valence-electron chi connectivity index (χ3n) is 6.52. The van der Waals surface area contributed by atoms with E-state index in [2.05, 4.69) is 38.6 Å². The first-order valence-electron chi connectivity index (χ1n) is 13.9. The van der Waals surface area contributed by atoms with Crippen molar-refractivity contribution < 1.29 is 19.1 Å². The van der Waals surface area contributed by atoms with Crippen LogP contribution in [0.2, 0.25) is 0 Å². The van der Waals surface area contributed by atoms with Crippen molar-refractivity contribution in [2.24, 2.45) is 0 Å². The van der Waals surface area contributed by atoms with Crippen molar-refractivity contribution in [2.45, 2.75) is 44.9 Å². The second-order valence-corrected chi connectivity index (χ2v) is 10.7. The van der Waals surface area contributed by atoms with Gasteiger partial charge in [-0.3, -0.25) is 9.28 Å². The number of amides is 1. The van der Waals surface area contributed by atoms with Crippen LogP contribution in [0.15, 0.2) is 72.8 Å². The number of unbranched alkanes of at least 4 members (excludes halogenated alkanes) is 5. The van der Waals surface area contributed by atoms with Crippen LogP contribution in [0.5, 0.6) is 11.5 Å². The van der Waals surface area contributed by atoms with Gasteiger partial charge in [0.05, 0.1) is 51.4 Å². The van der Waals surface area contributed by atoms with Crippen molar-refractivity contribution in [3.8, 4) is 17.6 Å². The van der Waals surface area contributed by atoms with E-state index in [1.54, 1.807) is 48.5 Å². The molecule has 0 atom stereocenters. The van der Waals surface area contributed by atoms with Crippen LogP contribution in [0.1, 0.15) is 60.0 Å². The number of hydrogen-bond acceptors (Lipinski definition) is 5. The Labute approximate surface area is 237 Å². The van der Waals surface area contributed by atoms with Crippen molar-refractivity contribution in [1.82, 2.24) is 9.80 Å². The van der Waals surface area contributed by atoms with Crippen LogP contribution in [0.25, 0.3) is 0 Å². The lowest BCUT2D eigenvalue weighted by Crippen LogP contribution is -2.34. The standard InChI is InChI=1S/C33H39N3O4/c1-36(2,3)29-16-12-26(13-17-29)24-32(37)35-22-8-6-4-5-7-9-23-39-30-18-20-31(21-19-30)40-33(38)28-14-10-27(25-34)11-15-28/h10-21H,4-9,22-24H2,1-3H3/p+1. The van der Waals surface area contributed by atoms with E-state index in [4.69, 9.17) is 14.7 Å². The van der Waals surface area contributed by atoms with Crippen LogP contribution in [0, 0.1) is 11.3 Å². The molecule has 7 heteroatoms. The fraction of sp³-hybridized carbons (Fsp3) is 0.364. The number of nitrogens with zero attached hydrogens (tertiary/aromatic N) is 2. The molecule has 0 bridgehead atoms. The molecule has 0 saturated heterocycles. The zero-order valence-corrected chi connectivity index (χ0v) is 23.8. The van der Waals surface area contributed by atoms with E-state index in [9.17, 15) is 9.59 Å². The van der Waals surface area contributed by atoms with Crippen molar-refractivity contribution >= 4 is 17.6 Å². The van der Waals surface area contributed by atoms with Gasteiger partial charge >= 0.3 is 5.97 Å². The minimum Gasteiger partial charge on any atom is -0.494 e. The van der Waals surface area contributed by atoms with E-state index in [0.29, 0.717) is 29.9 Å². The van der Waals surface area contributed by atoms with Gasteiger partial charge in [-0.25, -0.2) is 4.79 Å². The molecule has 0 saturated carbocycles. The number of quaternary nitrogens is 1. The van der Waals surface area contributed by atoms with E-state index in [1.165, 1.54) is 5.69 Å². The summed E-state index contributed by atoms with van der Waals surface area (Å²) >= 11 is 0. The van der Waals surface area contributed by atoms with Crippen molar-refractivity contribution in [2.75, 3.05) is 34.3 Å². The normalized spacial score (nSPS) is 10.9. The predicted octanol–water partition coefficient (Wildman–Crippen LogP) is 6.05. The quantitative estimate of drug-likeness (QED) is 0.109. The largest absolute Gasteiger partial charge is 0.494 e. The fourth-order valence-electron chi connectivity index (χ4n) is 4.11. The van der Waals surface area contributed by atoms with Crippen molar-refractivity contribution in [1.29, 1.82) is 5.26 Å². The summed E-state index contributed by atoms with van der Waals surface area (Å²) < 4.78 is 11.9. The lowest BCUT2D eigenvalue weighted by atomic mass is 10.1. The third kappa shape index (κ3) is 10.5. The maximum absolute atomic E-state index is 12.2. The number of rotatable bonds is 15. The number of carbonyl (C=O) groups is 2. The number of hydrogen-bond donors (Lipinski definition) is 1. The summed E-state index contributed by atoms with van der Waals surface area (Å²) in [7, 11) is 6.38. The monoisotopic (exact) mass is 542 g/mol. The molecule has 0 aliphatic rings. The first-order valence-corrected chi connectivity index (χ1v) is 13.9. The summed E-state index contributed by atoms with van der Waals surface area (Å²) in [5.41, 5.74) is 3.14. The molecule has 0 fully saturated rings. The maximum Gasteiger partial charge on any atom is 0.343 e. The van der Waals surface area contributed by atoms with Gasteiger partial charge in [-0.05, 0) is 79.1 Å². The van der Waals surface area contributed by atoms with E-state index >= 15 is 0 Å². The molecular weight excluding hydrogens is 502 g/mol. The van der Waals surface area contributed by atoms with Crippen LogP contribution in [-0.2, 0) is 11.2 Å². The molecule has 210 valence electrons. The Morgan fingerprint density at radius 2 is 1.38 bits per heavy atom. The first kappa shape index (κ1) is 30.4. The number of nitriles is 1. The van der Waals surface area contributed by atoms with Gasteiger partial charge in [0.1, 0.15) is 17.2 Å². The van der Waals surface area contributed by atoms with Gasteiger partial charge in [-0.15, -0.1) is 0 Å². The van der Waals surface area contributed by atoms with Gasteiger partial charge < -0.3 is 14.8 Å². The highest BCUT2D eigenvalue weighted by Gasteiger charge is 2.12. The molecule has 0 aliphatic heterocycles. The molecule has 0 heterocycles. The average Bonchev–Trinajstić information content (AvgIpc) is 2.94. The SMILES string of the molecule is C[N+](C)(C)c1ccc(CC(=O)NCCCCCCCCOc2ccc(OC(=O)c3ccc(C#N)cc3)cc2)cc1. The fourth-order valence-corrected chi connectivity index (χ4v) is 4.11. The third-order valence-corrected chi connectivity index (χ3v) is 6.52. The number of nitrogens with one attached hydrogen (secondary N) is 1. The molecule has 0 aromatic heterocycles. The smallest absolute Gasteiger partial charge is 0.343 e. The molecule has 3 aromatic carbocycles. The Bertz CT molecular complexity index is 1260. The topological polar surface area (TPSA) is 88.4 Å². The van der Waals surface area contributed by atoms with Crippen LogP contribution in [0.4, 0.5) is 5.69 Å². The molecule has 1 N–H and O–H groups in total. The Morgan fingerprint density at radius 3 is 2.00 bits per heavy atom. The van der Waals surface area contributed by atoms with Gasteiger partial charge in [-0.1, -0.05) is 37.8 Å². The van der Waals surface area contributed by atoms with Gasteiger partial charge in [0.2, 0.25) is 5.91 Å². The van der Waals surface area contributed by atoms with Crippen LogP contribution >= 0.6 is 0 Å². The summed E-state index contributed by atoms with van der Waals surface area (Å²) in [5, 5.41) is 11.9. The molecular formula is C33H40N3O4+. The minimum atomic E-state index is -0.470. The summed E-state index contributed by atoms with van der Waals surface area (Å²) in [5.74, 6) is 0.778. The lowest BCUT2D eigenvalue weighted by Gasteiger charge is -2.23. The van der Waals surface area contributed by atoms with E-state index < -0.39 is 5.97 Å². The highest BCUT2D eigenvalue weighted by molar-refractivity contribution is 5.91. The summed E-state index contributed by atoms with van der Waals surface area (Å²) in [4.78, 5) is 24.4. The first-order chi connectivity index (χ1) is 19.2. The van der Waals surface area contributed by atoms with Crippen LogP contribution in [-0.4, -0.2) is 46.2 Å². The molecule has 3 aromatic rings. The minimum absolute atomic E-state index is 0.0765. The predicted molar refractivity (Wildman–Crippen MR) is 158 cm³/mol. The molecule has 0 unspecified atom stereocenters. The van der Waals surface area contributed by atoms with E-state index in [1.807, 2.05) is 18.2 Å². The maximum atomic E-state index is 12.2. The molecule has 40 heavy (non-hydrogen) atoms. The summed E-state index contributed by atoms with van der Waals surface area (Å²) in [6.07, 6.45) is 6.85. The number of esters is 1. The van der Waals surface area contributed by atoms with Gasteiger partial charge in [0.25, 0.3) is 0 Å². The van der Waals surface area contributed by atoms with Gasteiger partial charge in [0, 0.05) is 6.54 Å². The highest BCUT2D eigenvalue weighted by Crippen LogP contribution is 2.20. The van der Waals surface area contributed by atoms with Gasteiger partial charge in [-0.2, -0.15) is 5.26 Å². The Balaban J connectivity index is 1.19.